The van der Waals surface area contributed by atoms with E-state index in [-0.39, 0.29) is 12.6 Å². The van der Waals surface area contributed by atoms with Gasteiger partial charge in [-0.3, -0.25) is 0 Å². The zero-order valence-corrected chi connectivity index (χ0v) is 10.1. The fourth-order valence-corrected chi connectivity index (χ4v) is 2.41. The Hall–Kier alpha value is -0.290. The van der Waals surface area contributed by atoms with Crippen molar-refractivity contribution in [3.63, 3.8) is 0 Å². The van der Waals surface area contributed by atoms with Crippen LogP contribution >= 0.6 is 0 Å². The predicted octanol–water partition coefficient (Wildman–Crippen LogP) is 3.25. The molecule has 0 aromatic carbocycles. The smallest absolute Gasteiger partial charge is 0.372 e. The number of hydrogen-bond donors (Lipinski definition) is 1. The molecule has 0 spiro atoms. The van der Waals surface area contributed by atoms with Crippen LogP contribution in [0, 0.1) is 5.92 Å². The highest BCUT2D eigenvalue weighted by Crippen LogP contribution is 2.27. The van der Waals surface area contributed by atoms with Gasteiger partial charge in [-0.25, -0.2) is 0 Å². The summed E-state index contributed by atoms with van der Waals surface area (Å²) < 4.78 is 39.9. The van der Waals surface area contributed by atoms with E-state index in [9.17, 15) is 13.2 Å². The van der Waals surface area contributed by atoms with Gasteiger partial charge in [0.15, 0.2) is 0 Å². The third-order valence-corrected chi connectivity index (χ3v) is 3.35. The second kappa shape index (κ2) is 7.21. The van der Waals surface area contributed by atoms with E-state index < -0.39 is 12.8 Å². The second-order valence-corrected chi connectivity index (χ2v) is 4.87. The first-order valence-electron chi connectivity index (χ1n) is 6.39. The Morgan fingerprint density at radius 2 is 1.82 bits per heavy atom. The molecule has 1 fully saturated rings. The van der Waals surface area contributed by atoms with Crippen LogP contribution in [-0.4, -0.2) is 25.4 Å². The van der Waals surface area contributed by atoms with Gasteiger partial charge in [0.25, 0.3) is 0 Å². The van der Waals surface area contributed by atoms with E-state index >= 15 is 0 Å². The molecular weight excluding hydrogens is 231 g/mol. The fourth-order valence-electron chi connectivity index (χ4n) is 2.41. The topological polar surface area (TPSA) is 35.2 Å². The molecule has 0 aromatic heterocycles. The van der Waals surface area contributed by atoms with E-state index in [1.54, 1.807) is 0 Å². The molecule has 102 valence electrons. The second-order valence-electron chi connectivity index (χ2n) is 4.87. The van der Waals surface area contributed by atoms with Gasteiger partial charge in [0.2, 0.25) is 0 Å². The van der Waals surface area contributed by atoms with Crippen molar-refractivity contribution < 1.29 is 17.9 Å². The lowest BCUT2D eigenvalue weighted by atomic mass is 9.83. The first kappa shape index (κ1) is 14.8. The average Bonchev–Trinajstić information content (AvgIpc) is 2.28. The quantitative estimate of drug-likeness (QED) is 0.737. The minimum Gasteiger partial charge on any atom is -0.372 e. The fraction of sp³-hybridized carbons (Fsp3) is 1.00. The van der Waals surface area contributed by atoms with Crippen LogP contribution in [-0.2, 0) is 4.74 Å². The highest BCUT2D eigenvalue weighted by molar-refractivity contribution is 4.76. The van der Waals surface area contributed by atoms with Gasteiger partial charge in [-0.1, -0.05) is 19.3 Å². The van der Waals surface area contributed by atoms with Crippen molar-refractivity contribution in [3.8, 4) is 0 Å². The molecule has 1 rings (SSSR count). The van der Waals surface area contributed by atoms with Crippen molar-refractivity contribution in [2.24, 2.45) is 11.7 Å². The molecular formula is C12H22F3NO. The van der Waals surface area contributed by atoms with Crippen LogP contribution in [0.4, 0.5) is 13.2 Å². The van der Waals surface area contributed by atoms with E-state index in [0.29, 0.717) is 12.3 Å². The monoisotopic (exact) mass is 253 g/mol. The van der Waals surface area contributed by atoms with E-state index in [2.05, 4.69) is 4.74 Å². The maximum absolute atomic E-state index is 11.8. The number of nitrogens with two attached hydrogens (primary N) is 1. The normalized spacial score (nSPS) is 20.5. The van der Waals surface area contributed by atoms with Crippen molar-refractivity contribution >= 4 is 0 Å². The zero-order valence-electron chi connectivity index (χ0n) is 10.1. The summed E-state index contributed by atoms with van der Waals surface area (Å²) in [6.45, 7) is -0.994. The molecule has 0 amide bonds. The van der Waals surface area contributed by atoms with Gasteiger partial charge in [-0.15, -0.1) is 0 Å². The van der Waals surface area contributed by atoms with Gasteiger partial charge in [0.05, 0.1) is 0 Å². The Balaban J connectivity index is 2.01. The molecule has 2 N–H and O–H groups in total. The molecule has 1 aliphatic rings. The van der Waals surface area contributed by atoms with E-state index in [1.165, 1.54) is 32.1 Å². The Morgan fingerprint density at radius 1 is 1.18 bits per heavy atom. The van der Waals surface area contributed by atoms with Crippen molar-refractivity contribution in [1.82, 2.24) is 0 Å². The van der Waals surface area contributed by atoms with Gasteiger partial charge in [0, 0.05) is 12.6 Å². The van der Waals surface area contributed by atoms with Gasteiger partial charge < -0.3 is 10.5 Å². The maximum atomic E-state index is 11.8. The number of ether oxygens (including phenoxy) is 1. The van der Waals surface area contributed by atoms with Crippen molar-refractivity contribution in [3.05, 3.63) is 0 Å². The molecule has 17 heavy (non-hydrogen) atoms. The summed E-state index contributed by atoms with van der Waals surface area (Å²) in [6, 6.07) is 0.129. The number of hydrogen-bond acceptors (Lipinski definition) is 2. The summed E-state index contributed by atoms with van der Waals surface area (Å²) in [7, 11) is 0. The molecule has 0 heterocycles. The summed E-state index contributed by atoms with van der Waals surface area (Å²) in [6.07, 6.45) is 3.28. The molecule has 1 unspecified atom stereocenters. The molecule has 1 atom stereocenters. The van der Waals surface area contributed by atoms with Crippen molar-refractivity contribution in [2.75, 3.05) is 13.2 Å². The van der Waals surface area contributed by atoms with E-state index in [1.807, 2.05) is 0 Å². The summed E-state index contributed by atoms with van der Waals surface area (Å²) in [5, 5.41) is 0. The van der Waals surface area contributed by atoms with Crippen LogP contribution in [0.1, 0.15) is 44.9 Å². The van der Waals surface area contributed by atoms with E-state index in [4.69, 9.17) is 5.73 Å². The Bertz CT molecular complexity index is 202. The molecule has 0 aromatic rings. The molecule has 1 saturated carbocycles. The lowest BCUT2D eigenvalue weighted by Gasteiger charge is -2.27. The van der Waals surface area contributed by atoms with Crippen molar-refractivity contribution in [2.45, 2.75) is 57.2 Å². The van der Waals surface area contributed by atoms with Gasteiger partial charge in [0.1, 0.15) is 6.61 Å². The van der Waals surface area contributed by atoms with Crippen molar-refractivity contribution in [1.29, 1.82) is 0 Å². The predicted molar refractivity (Wildman–Crippen MR) is 60.7 cm³/mol. The van der Waals surface area contributed by atoms with E-state index in [0.717, 1.165) is 6.42 Å². The Morgan fingerprint density at radius 3 is 2.41 bits per heavy atom. The van der Waals surface area contributed by atoms with Gasteiger partial charge in [-0.05, 0) is 31.6 Å². The molecule has 0 saturated heterocycles. The molecule has 1 aliphatic carbocycles. The standard InChI is InChI=1S/C12H22F3NO/c13-12(14,15)9-17-8-4-7-11(16)10-5-2-1-3-6-10/h10-11H,1-9,16H2. The van der Waals surface area contributed by atoms with Crippen LogP contribution < -0.4 is 5.73 Å². The molecule has 0 bridgehead atoms. The van der Waals surface area contributed by atoms with Gasteiger partial charge >= 0.3 is 6.18 Å². The highest BCUT2D eigenvalue weighted by Gasteiger charge is 2.27. The minimum atomic E-state index is -4.22. The lowest BCUT2D eigenvalue weighted by molar-refractivity contribution is -0.174. The summed E-state index contributed by atoms with van der Waals surface area (Å²) in [5.74, 6) is 0.561. The number of alkyl halides is 3. The first-order valence-corrected chi connectivity index (χ1v) is 6.39. The SMILES string of the molecule is NC(CCCOCC(F)(F)F)C1CCCCC1. The van der Waals surface area contributed by atoms with Crippen LogP contribution in [0.15, 0.2) is 0 Å². The summed E-state index contributed by atoms with van der Waals surface area (Å²) in [5.41, 5.74) is 6.04. The maximum Gasteiger partial charge on any atom is 0.411 e. The first-order chi connectivity index (χ1) is 7.99. The lowest BCUT2D eigenvalue weighted by Crippen LogP contribution is -2.31. The van der Waals surface area contributed by atoms with Crippen LogP contribution in [0.3, 0.4) is 0 Å². The highest BCUT2D eigenvalue weighted by atomic mass is 19.4. The minimum absolute atomic E-state index is 0.129. The Kier molecular flexibility index (Phi) is 6.27. The third kappa shape index (κ3) is 6.88. The average molecular weight is 253 g/mol. The van der Waals surface area contributed by atoms with Crippen LogP contribution in [0.5, 0.6) is 0 Å². The summed E-state index contributed by atoms with van der Waals surface area (Å²) >= 11 is 0. The summed E-state index contributed by atoms with van der Waals surface area (Å²) in [4.78, 5) is 0. The van der Waals surface area contributed by atoms with Gasteiger partial charge in [-0.2, -0.15) is 13.2 Å². The third-order valence-electron chi connectivity index (χ3n) is 3.35. The molecule has 0 radical (unpaired) electrons. The number of halogens is 3. The largest absolute Gasteiger partial charge is 0.411 e. The zero-order chi connectivity index (χ0) is 12.7. The van der Waals surface area contributed by atoms with Crippen LogP contribution in [0.25, 0.3) is 0 Å². The number of rotatable bonds is 6. The molecule has 2 nitrogen and oxygen atoms in total. The molecule has 0 aliphatic heterocycles. The van der Waals surface area contributed by atoms with Crippen LogP contribution in [0.2, 0.25) is 0 Å². The Labute approximate surface area is 101 Å². The molecule has 5 heteroatoms.